The Balaban J connectivity index is 1.67. The number of rotatable bonds is 5. The number of hydrogen-bond acceptors (Lipinski definition) is 2. The van der Waals surface area contributed by atoms with Crippen molar-refractivity contribution in [1.29, 1.82) is 0 Å². The second-order valence-corrected chi connectivity index (χ2v) is 6.29. The van der Waals surface area contributed by atoms with Gasteiger partial charge >= 0.3 is 0 Å². The normalized spacial score (nSPS) is 19.0. The maximum absolute atomic E-state index is 3.73. The smallest absolute Gasteiger partial charge is 0.0298 e. The van der Waals surface area contributed by atoms with Crippen LogP contribution in [-0.4, -0.2) is 30.6 Å². The summed E-state index contributed by atoms with van der Waals surface area (Å²) in [6.07, 6.45) is 2.73. The van der Waals surface area contributed by atoms with E-state index in [0.29, 0.717) is 12.1 Å². The Morgan fingerprint density at radius 1 is 1.00 bits per heavy atom. The highest BCUT2D eigenvalue weighted by Crippen LogP contribution is 2.24. The average Bonchev–Trinajstić information content (AvgIpc) is 3.06. The first-order valence-electron chi connectivity index (χ1n) is 8.21. The van der Waals surface area contributed by atoms with Gasteiger partial charge in [0.25, 0.3) is 0 Å². The van der Waals surface area contributed by atoms with Crippen molar-refractivity contribution in [3.8, 4) is 0 Å². The van der Waals surface area contributed by atoms with E-state index in [-0.39, 0.29) is 0 Å². The van der Waals surface area contributed by atoms with Crippen molar-refractivity contribution in [2.24, 2.45) is 0 Å². The maximum Gasteiger partial charge on any atom is 0.0298 e. The summed E-state index contributed by atoms with van der Waals surface area (Å²) < 4.78 is 0. The standard InChI is InChI=1S/C19H26N2/c1-15(21-12-5-6-13-21)14-20-16(2)18-11-7-9-17-8-3-4-10-19(17)18/h3-4,7-11,15-16,20H,5-6,12-14H2,1-2H3. The minimum Gasteiger partial charge on any atom is -0.309 e. The predicted molar refractivity (Wildman–Crippen MR) is 90.6 cm³/mol. The van der Waals surface area contributed by atoms with Crippen LogP contribution in [0.1, 0.15) is 38.3 Å². The van der Waals surface area contributed by atoms with Crippen LogP contribution in [0.5, 0.6) is 0 Å². The molecule has 0 aromatic heterocycles. The summed E-state index contributed by atoms with van der Waals surface area (Å²) in [5.41, 5.74) is 1.40. The highest BCUT2D eigenvalue weighted by atomic mass is 15.2. The maximum atomic E-state index is 3.73. The van der Waals surface area contributed by atoms with Gasteiger partial charge in [0.1, 0.15) is 0 Å². The van der Waals surface area contributed by atoms with Crippen molar-refractivity contribution in [2.45, 2.75) is 38.8 Å². The van der Waals surface area contributed by atoms with Gasteiger partial charge in [0.05, 0.1) is 0 Å². The number of nitrogens with zero attached hydrogens (tertiary/aromatic N) is 1. The van der Waals surface area contributed by atoms with Crippen molar-refractivity contribution in [3.05, 3.63) is 48.0 Å². The summed E-state index contributed by atoms with van der Waals surface area (Å²) >= 11 is 0. The molecule has 0 spiro atoms. The molecule has 21 heavy (non-hydrogen) atoms. The largest absolute Gasteiger partial charge is 0.309 e. The van der Waals surface area contributed by atoms with E-state index in [1.54, 1.807) is 0 Å². The fourth-order valence-corrected chi connectivity index (χ4v) is 3.40. The zero-order valence-corrected chi connectivity index (χ0v) is 13.2. The minimum atomic E-state index is 0.390. The quantitative estimate of drug-likeness (QED) is 0.892. The van der Waals surface area contributed by atoms with E-state index >= 15 is 0 Å². The molecular weight excluding hydrogens is 256 g/mol. The molecule has 2 atom stereocenters. The van der Waals surface area contributed by atoms with E-state index in [4.69, 9.17) is 0 Å². The lowest BCUT2D eigenvalue weighted by molar-refractivity contribution is 0.247. The van der Waals surface area contributed by atoms with Crippen LogP contribution >= 0.6 is 0 Å². The highest BCUT2D eigenvalue weighted by molar-refractivity contribution is 5.86. The van der Waals surface area contributed by atoms with Gasteiger partial charge in [-0.15, -0.1) is 0 Å². The fourth-order valence-electron chi connectivity index (χ4n) is 3.40. The number of likely N-dealkylation sites (tertiary alicyclic amines) is 1. The molecule has 0 bridgehead atoms. The second-order valence-electron chi connectivity index (χ2n) is 6.29. The molecule has 0 amide bonds. The lowest BCUT2D eigenvalue weighted by Gasteiger charge is -2.26. The zero-order chi connectivity index (χ0) is 14.7. The van der Waals surface area contributed by atoms with Crippen LogP contribution in [0.4, 0.5) is 0 Å². The Morgan fingerprint density at radius 2 is 1.71 bits per heavy atom. The minimum absolute atomic E-state index is 0.390. The topological polar surface area (TPSA) is 15.3 Å². The Labute approximate surface area is 128 Å². The van der Waals surface area contributed by atoms with Gasteiger partial charge in [-0.25, -0.2) is 0 Å². The molecule has 0 aliphatic carbocycles. The van der Waals surface area contributed by atoms with Gasteiger partial charge < -0.3 is 5.32 Å². The lowest BCUT2D eigenvalue weighted by Crippen LogP contribution is -2.39. The molecule has 1 aliphatic rings. The molecule has 2 aromatic carbocycles. The first kappa shape index (κ1) is 14.6. The van der Waals surface area contributed by atoms with Crippen molar-refractivity contribution in [2.75, 3.05) is 19.6 Å². The fraction of sp³-hybridized carbons (Fsp3) is 0.474. The molecule has 1 saturated heterocycles. The monoisotopic (exact) mass is 282 g/mol. The van der Waals surface area contributed by atoms with Gasteiger partial charge in [-0.3, -0.25) is 4.90 Å². The molecule has 2 aromatic rings. The molecule has 1 fully saturated rings. The van der Waals surface area contributed by atoms with Crippen LogP contribution in [-0.2, 0) is 0 Å². The van der Waals surface area contributed by atoms with Crippen LogP contribution in [0.3, 0.4) is 0 Å². The van der Waals surface area contributed by atoms with Crippen molar-refractivity contribution in [1.82, 2.24) is 10.2 Å². The van der Waals surface area contributed by atoms with E-state index in [9.17, 15) is 0 Å². The van der Waals surface area contributed by atoms with Crippen LogP contribution in [0.15, 0.2) is 42.5 Å². The van der Waals surface area contributed by atoms with Gasteiger partial charge in [0, 0.05) is 18.6 Å². The number of benzene rings is 2. The Hall–Kier alpha value is -1.38. The Morgan fingerprint density at radius 3 is 2.52 bits per heavy atom. The summed E-state index contributed by atoms with van der Waals surface area (Å²) in [6, 6.07) is 16.3. The van der Waals surface area contributed by atoms with E-state index in [0.717, 1.165) is 6.54 Å². The highest BCUT2D eigenvalue weighted by Gasteiger charge is 2.18. The molecular formula is C19H26N2. The Bertz CT molecular complexity index is 582. The van der Waals surface area contributed by atoms with Crippen molar-refractivity contribution < 1.29 is 0 Å². The summed E-state index contributed by atoms with van der Waals surface area (Å²) in [7, 11) is 0. The molecule has 2 heteroatoms. The molecule has 3 rings (SSSR count). The van der Waals surface area contributed by atoms with Gasteiger partial charge in [-0.05, 0) is 56.1 Å². The first-order chi connectivity index (χ1) is 10.3. The van der Waals surface area contributed by atoms with Crippen LogP contribution in [0.25, 0.3) is 10.8 Å². The molecule has 0 radical (unpaired) electrons. The third kappa shape index (κ3) is 3.28. The molecule has 112 valence electrons. The molecule has 1 N–H and O–H groups in total. The molecule has 2 unspecified atom stereocenters. The Kier molecular flexibility index (Phi) is 4.57. The van der Waals surface area contributed by atoms with E-state index in [1.807, 2.05) is 0 Å². The zero-order valence-electron chi connectivity index (χ0n) is 13.2. The predicted octanol–water partition coefficient (Wildman–Crippen LogP) is 3.97. The van der Waals surface area contributed by atoms with Gasteiger partial charge in [-0.2, -0.15) is 0 Å². The van der Waals surface area contributed by atoms with E-state index in [1.165, 1.54) is 42.3 Å². The number of hydrogen-bond donors (Lipinski definition) is 1. The number of nitrogens with one attached hydrogen (secondary N) is 1. The van der Waals surface area contributed by atoms with Crippen LogP contribution < -0.4 is 5.32 Å². The van der Waals surface area contributed by atoms with Crippen LogP contribution in [0.2, 0.25) is 0 Å². The second kappa shape index (κ2) is 6.59. The SMILES string of the molecule is CC(NCC(C)N1CCCC1)c1cccc2ccccc12. The van der Waals surface area contributed by atoms with Gasteiger partial charge in [-0.1, -0.05) is 42.5 Å². The molecule has 0 saturated carbocycles. The van der Waals surface area contributed by atoms with E-state index in [2.05, 4.69) is 66.5 Å². The lowest BCUT2D eigenvalue weighted by atomic mass is 9.99. The summed E-state index contributed by atoms with van der Waals surface area (Å²) in [5, 5.41) is 6.43. The summed E-state index contributed by atoms with van der Waals surface area (Å²) in [5.74, 6) is 0. The van der Waals surface area contributed by atoms with Crippen molar-refractivity contribution >= 4 is 10.8 Å². The summed E-state index contributed by atoms with van der Waals surface area (Å²) in [4.78, 5) is 2.60. The average molecular weight is 282 g/mol. The van der Waals surface area contributed by atoms with Gasteiger partial charge in [0.2, 0.25) is 0 Å². The first-order valence-corrected chi connectivity index (χ1v) is 8.21. The van der Waals surface area contributed by atoms with Crippen LogP contribution in [0, 0.1) is 0 Å². The van der Waals surface area contributed by atoms with Crippen molar-refractivity contribution in [3.63, 3.8) is 0 Å². The van der Waals surface area contributed by atoms with Gasteiger partial charge in [0.15, 0.2) is 0 Å². The van der Waals surface area contributed by atoms with E-state index < -0.39 is 0 Å². The molecule has 2 nitrogen and oxygen atoms in total. The molecule has 1 heterocycles. The third-order valence-corrected chi connectivity index (χ3v) is 4.77. The summed E-state index contributed by atoms with van der Waals surface area (Å²) in [6.45, 7) is 8.22. The number of fused-ring (bicyclic) bond motifs is 1. The molecule has 1 aliphatic heterocycles. The third-order valence-electron chi connectivity index (χ3n) is 4.77.